The zero-order valence-electron chi connectivity index (χ0n) is 6.29. The molecule has 0 bridgehead atoms. The van der Waals surface area contributed by atoms with Gasteiger partial charge in [-0.1, -0.05) is 23.7 Å². The summed E-state index contributed by atoms with van der Waals surface area (Å²) in [5, 5.41) is 11.0. The minimum Gasteiger partial charge on any atom is -0.544 e. The van der Waals surface area contributed by atoms with Crippen LogP contribution in [0.25, 0.3) is 0 Å². The smallest absolute Gasteiger partial charge is 0.150 e. The van der Waals surface area contributed by atoms with Gasteiger partial charge in [-0.05, 0) is 12.1 Å². The fraction of sp³-hybridized carbons (Fsp3) is 0.125. The molecule has 0 amide bonds. The second-order valence-electron chi connectivity index (χ2n) is 2.42. The Morgan fingerprint density at radius 3 is 2.33 bits per heavy atom. The zero-order valence-corrected chi connectivity index (χ0v) is 7.04. The minimum atomic E-state index is -1.18. The first kappa shape index (κ1) is 9.03. The van der Waals surface area contributed by atoms with E-state index in [-0.39, 0.29) is 0 Å². The van der Waals surface area contributed by atoms with Crippen LogP contribution >= 0.6 is 11.6 Å². The first-order chi connectivity index (χ1) is 5.61. The molecule has 1 rings (SSSR count). The molecule has 4 heteroatoms. The second kappa shape index (κ2) is 3.56. The van der Waals surface area contributed by atoms with Crippen molar-refractivity contribution in [2.24, 2.45) is 0 Å². The summed E-state index contributed by atoms with van der Waals surface area (Å²) < 4.78 is 0. The predicted octanol–water partition coefficient (Wildman–Crippen LogP) is -0.627. The Morgan fingerprint density at radius 2 is 1.92 bits per heavy atom. The maximum Gasteiger partial charge on any atom is 0.150 e. The number of carbonyl (C=O) groups excluding carboxylic acids is 1. The summed E-state index contributed by atoms with van der Waals surface area (Å²) in [4.78, 5) is 10.4. The average Bonchev–Trinajstić information content (AvgIpc) is 2.04. The van der Waals surface area contributed by atoms with Crippen molar-refractivity contribution < 1.29 is 15.6 Å². The molecule has 0 saturated carbocycles. The maximum absolute atomic E-state index is 10.4. The number of quaternary nitrogens is 1. The van der Waals surface area contributed by atoms with Gasteiger partial charge in [0.2, 0.25) is 0 Å². The molecule has 0 aliphatic heterocycles. The van der Waals surface area contributed by atoms with Crippen molar-refractivity contribution in [3.63, 3.8) is 0 Å². The topological polar surface area (TPSA) is 67.8 Å². The lowest BCUT2D eigenvalue weighted by molar-refractivity contribution is -0.443. The zero-order chi connectivity index (χ0) is 9.14. The molecule has 0 heterocycles. The van der Waals surface area contributed by atoms with Gasteiger partial charge < -0.3 is 15.6 Å². The largest absolute Gasteiger partial charge is 0.544 e. The van der Waals surface area contributed by atoms with Crippen LogP contribution in [-0.2, 0) is 4.79 Å². The molecule has 12 heavy (non-hydrogen) atoms. The first-order valence-electron chi connectivity index (χ1n) is 3.40. The molecule has 0 aromatic heterocycles. The Kier molecular flexibility index (Phi) is 2.68. The second-order valence-corrected chi connectivity index (χ2v) is 2.86. The van der Waals surface area contributed by atoms with Crippen LogP contribution in [0.1, 0.15) is 11.6 Å². The Morgan fingerprint density at radius 1 is 1.42 bits per heavy atom. The van der Waals surface area contributed by atoms with Crippen LogP contribution in [0.4, 0.5) is 0 Å². The van der Waals surface area contributed by atoms with Crippen LogP contribution in [0.5, 0.6) is 0 Å². The monoisotopic (exact) mass is 185 g/mol. The van der Waals surface area contributed by atoms with E-state index < -0.39 is 12.0 Å². The lowest BCUT2D eigenvalue weighted by Gasteiger charge is -2.08. The van der Waals surface area contributed by atoms with Gasteiger partial charge in [-0.3, -0.25) is 0 Å². The summed E-state index contributed by atoms with van der Waals surface area (Å²) in [7, 11) is 0. The summed E-state index contributed by atoms with van der Waals surface area (Å²) in [6.45, 7) is 0. The quantitative estimate of drug-likeness (QED) is 0.667. The van der Waals surface area contributed by atoms with Crippen LogP contribution < -0.4 is 10.8 Å². The van der Waals surface area contributed by atoms with Gasteiger partial charge in [0.15, 0.2) is 6.04 Å². The van der Waals surface area contributed by atoms with Crippen LogP contribution in [0.15, 0.2) is 24.3 Å². The number of carbonyl (C=O) groups is 1. The summed E-state index contributed by atoms with van der Waals surface area (Å²) >= 11 is 5.61. The highest BCUT2D eigenvalue weighted by Crippen LogP contribution is 2.12. The summed E-state index contributed by atoms with van der Waals surface area (Å²) in [5.41, 5.74) is 4.03. The van der Waals surface area contributed by atoms with E-state index in [0.29, 0.717) is 10.6 Å². The molecule has 3 N–H and O–H groups in total. The maximum atomic E-state index is 10.4. The number of carboxylic acid groups (broad SMARTS) is 1. The van der Waals surface area contributed by atoms with E-state index in [1.165, 1.54) is 0 Å². The summed E-state index contributed by atoms with van der Waals surface area (Å²) in [6, 6.07) is 5.66. The highest BCUT2D eigenvalue weighted by Gasteiger charge is 2.09. The van der Waals surface area contributed by atoms with Crippen LogP contribution in [0, 0.1) is 0 Å². The van der Waals surface area contributed by atoms with E-state index in [9.17, 15) is 9.90 Å². The van der Waals surface area contributed by atoms with Crippen molar-refractivity contribution in [1.29, 1.82) is 0 Å². The number of hydrogen-bond donors (Lipinski definition) is 1. The molecular formula is C8H8ClNO2. The molecule has 1 aromatic carbocycles. The molecule has 0 aliphatic rings. The molecule has 1 atom stereocenters. The van der Waals surface area contributed by atoms with Gasteiger partial charge in [0, 0.05) is 10.6 Å². The van der Waals surface area contributed by atoms with Crippen molar-refractivity contribution in [3.8, 4) is 0 Å². The van der Waals surface area contributed by atoms with Crippen molar-refractivity contribution in [3.05, 3.63) is 34.9 Å². The standard InChI is InChI=1S/C8H8ClNO2/c9-6-3-1-5(2-4-6)7(10)8(11)12/h1-4,7H,10H2,(H,11,12)/t7-/m1/s1. The predicted molar refractivity (Wildman–Crippen MR) is 42.1 cm³/mol. The number of aliphatic carboxylic acids is 1. The Labute approximate surface area is 74.8 Å². The Balaban J connectivity index is 2.89. The number of rotatable bonds is 2. The fourth-order valence-corrected chi connectivity index (χ4v) is 0.957. The molecule has 0 radical (unpaired) electrons. The molecule has 0 unspecified atom stereocenters. The number of halogens is 1. The highest BCUT2D eigenvalue weighted by atomic mass is 35.5. The molecule has 1 aromatic rings. The van der Waals surface area contributed by atoms with Crippen molar-refractivity contribution >= 4 is 17.6 Å². The number of carboxylic acids is 1. The van der Waals surface area contributed by atoms with Gasteiger partial charge in [0.25, 0.3) is 0 Å². The fourth-order valence-electron chi connectivity index (χ4n) is 0.831. The summed E-state index contributed by atoms with van der Waals surface area (Å²) in [5.74, 6) is -1.18. The van der Waals surface area contributed by atoms with E-state index in [1.807, 2.05) is 0 Å². The normalized spacial score (nSPS) is 12.5. The molecule has 0 saturated heterocycles. The van der Waals surface area contributed by atoms with Gasteiger partial charge in [-0.15, -0.1) is 0 Å². The van der Waals surface area contributed by atoms with E-state index >= 15 is 0 Å². The van der Waals surface area contributed by atoms with Crippen LogP contribution in [-0.4, -0.2) is 5.97 Å². The van der Waals surface area contributed by atoms with Gasteiger partial charge >= 0.3 is 0 Å². The number of benzene rings is 1. The molecule has 64 valence electrons. The van der Waals surface area contributed by atoms with Crippen molar-refractivity contribution in [2.45, 2.75) is 6.04 Å². The van der Waals surface area contributed by atoms with Crippen molar-refractivity contribution in [2.75, 3.05) is 0 Å². The number of hydrogen-bond acceptors (Lipinski definition) is 2. The third-order valence-corrected chi connectivity index (χ3v) is 1.81. The lowest BCUT2D eigenvalue weighted by atomic mass is 10.1. The summed E-state index contributed by atoms with van der Waals surface area (Å²) in [6.07, 6.45) is 0. The third-order valence-electron chi connectivity index (χ3n) is 1.56. The van der Waals surface area contributed by atoms with Crippen LogP contribution in [0.2, 0.25) is 5.02 Å². The van der Waals surface area contributed by atoms with Gasteiger partial charge in [-0.2, -0.15) is 0 Å². The minimum absolute atomic E-state index is 0.573. The highest BCUT2D eigenvalue weighted by molar-refractivity contribution is 6.30. The van der Waals surface area contributed by atoms with E-state index in [4.69, 9.17) is 11.6 Å². The SMILES string of the molecule is [NH3+][C@@H](C(=O)[O-])c1ccc(Cl)cc1. The first-order valence-corrected chi connectivity index (χ1v) is 3.78. The average molecular weight is 186 g/mol. The van der Waals surface area contributed by atoms with Crippen LogP contribution in [0.3, 0.4) is 0 Å². The van der Waals surface area contributed by atoms with Gasteiger partial charge in [-0.25, -0.2) is 0 Å². The van der Waals surface area contributed by atoms with Crippen molar-refractivity contribution in [1.82, 2.24) is 0 Å². The molecule has 0 fully saturated rings. The lowest BCUT2D eigenvalue weighted by Crippen LogP contribution is -2.60. The van der Waals surface area contributed by atoms with E-state index in [0.717, 1.165) is 0 Å². The molecule has 0 spiro atoms. The third kappa shape index (κ3) is 1.96. The van der Waals surface area contributed by atoms with E-state index in [1.54, 1.807) is 24.3 Å². The molecular weight excluding hydrogens is 178 g/mol. The molecule has 3 nitrogen and oxygen atoms in total. The Bertz CT molecular complexity index is 284. The van der Waals surface area contributed by atoms with E-state index in [2.05, 4.69) is 5.73 Å². The van der Waals surface area contributed by atoms with Gasteiger partial charge in [0.1, 0.15) is 5.97 Å². The Hall–Kier alpha value is -1.06. The van der Waals surface area contributed by atoms with Gasteiger partial charge in [0.05, 0.1) is 0 Å². The molecule has 0 aliphatic carbocycles.